The number of nitrogens with zero attached hydrogens (tertiary/aromatic N) is 2. The Kier molecular flexibility index (Phi) is 5.81. The van der Waals surface area contributed by atoms with E-state index >= 15 is 0 Å². The third kappa shape index (κ3) is 4.14. The van der Waals surface area contributed by atoms with Crippen molar-refractivity contribution < 1.29 is 4.79 Å². The van der Waals surface area contributed by atoms with Gasteiger partial charge in [0.2, 0.25) is 0 Å². The Bertz CT molecular complexity index is 863. The lowest BCUT2D eigenvalue weighted by atomic mass is 9.85. The Morgan fingerprint density at radius 1 is 1.07 bits per heavy atom. The summed E-state index contributed by atoms with van der Waals surface area (Å²) in [5, 5.41) is 4.42. The molecule has 0 aromatic heterocycles. The minimum Gasteiger partial charge on any atom is -0.325 e. The maximum absolute atomic E-state index is 12.4. The maximum Gasteiger partial charge on any atom is 0.321 e. The molecule has 4 rings (SSSR count). The predicted molar refractivity (Wildman–Crippen MR) is 116 cm³/mol. The molecular weight excluding hydrogens is 393 g/mol. The lowest BCUT2D eigenvalue weighted by Gasteiger charge is -2.33. The molecule has 0 saturated carbocycles. The fraction of sp³-hybridized carbons (Fsp3) is 0.409. The van der Waals surface area contributed by atoms with Gasteiger partial charge in [0, 0.05) is 47.8 Å². The van der Waals surface area contributed by atoms with Crippen LogP contribution in [0.3, 0.4) is 0 Å². The molecule has 2 amide bonds. The van der Waals surface area contributed by atoms with Crippen molar-refractivity contribution in [2.24, 2.45) is 0 Å². The largest absolute Gasteiger partial charge is 0.325 e. The number of rotatable bonds is 2. The fourth-order valence-electron chi connectivity index (χ4n) is 4.23. The first-order valence-corrected chi connectivity index (χ1v) is 10.6. The standard InChI is InChI=1S/C22H25Cl2N3O/c1-26-13-19(18-11-16(23)12-21(24)20(18)14-26)15-5-7-17(8-6-15)25-22(28)27-9-3-2-4-10-27/h5-8,11-12,19H,2-4,9-10,13-14H2,1H3,(H,25,28). The summed E-state index contributed by atoms with van der Waals surface area (Å²) in [6, 6.07) is 12.0. The zero-order chi connectivity index (χ0) is 19.7. The van der Waals surface area contributed by atoms with Gasteiger partial charge < -0.3 is 15.1 Å². The highest BCUT2D eigenvalue weighted by atomic mass is 35.5. The van der Waals surface area contributed by atoms with E-state index in [1.54, 1.807) is 0 Å². The molecule has 1 N–H and O–H groups in total. The Balaban J connectivity index is 1.54. The second-order valence-corrected chi connectivity index (χ2v) is 8.65. The third-order valence-electron chi connectivity index (χ3n) is 5.70. The lowest BCUT2D eigenvalue weighted by molar-refractivity contribution is 0.200. The molecule has 6 heteroatoms. The summed E-state index contributed by atoms with van der Waals surface area (Å²) in [6.45, 7) is 3.42. The van der Waals surface area contributed by atoms with Gasteiger partial charge in [0.15, 0.2) is 0 Å². The number of nitrogens with one attached hydrogen (secondary N) is 1. The van der Waals surface area contributed by atoms with E-state index in [9.17, 15) is 4.79 Å². The van der Waals surface area contributed by atoms with Gasteiger partial charge in [0.25, 0.3) is 0 Å². The number of piperidine rings is 1. The SMILES string of the molecule is CN1Cc2c(Cl)cc(Cl)cc2C(c2ccc(NC(=O)N3CCCCC3)cc2)C1. The van der Waals surface area contributed by atoms with Crippen LogP contribution in [0.15, 0.2) is 36.4 Å². The van der Waals surface area contributed by atoms with Crippen LogP contribution < -0.4 is 5.32 Å². The Hall–Kier alpha value is -1.75. The molecule has 2 aromatic rings. The van der Waals surface area contributed by atoms with Gasteiger partial charge in [-0.25, -0.2) is 4.79 Å². The first kappa shape index (κ1) is 19.6. The van der Waals surface area contributed by atoms with Gasteiger partial charge >= 0.3 is 6.03 Å². The highest BCUT2D eigenvalue weighted by Gasteiger charge is 2.27. The number of likely N-dealkylation sites (N-methyl/N-ethyl adjacent to an activating group) is 1. The number of hydrogen-bond acceptors (Lipinski definition) is 2. The number of halogens is 2. The first-order chi connectivity index (χ1) is 13.5. The molecule has 0 aliphatic carbocycles. The summed E-state index contributed by atoms with van der Waals surface area (Å²) in [5.41, 5.74) is 4.36. The molecule has 1 unspecified atom stereocenters. The third-order valence-corrected chi connectivity index (χ3v) is 6.26. The van der Waals surface area contributed by atoms with E-state index in [0.29, 0.717) is 5.02 Å². The summed E-state index contributed by atoms with van der Waals surface area (Å²) in [7, 11) is 2.11. The molecule has 0 radical (unpaired) electrons. The normalized spacial score (nSPS) is 20.0. The van der Waals surface area contributed by atoms with Gasteiger partial charge in [0.1, 0.15) is 0 Å². The average molecular weight is 418 g/mol. The summed E-state index contributed by atoms with van der Waals surface area (Å²) in [4.78, 5) is 16.6. The molecular formula is C22H25Cl2N3O. The molecule has 2 heterocycles. The molecule has 1 atom stereocenters. The van der Waals surface area contributed by atoms with Crippen molar-refractivity contribution in [2.45, 2.75) is 31.7 Å². The number of hydrogen-bond donors (Lipinski definition) is 1. The predicted octanol–water partition coefficient (Wildman–Crippen LogP) is 5.59. The van der Waals surface area contributed by atoms with Crippen molar-refractivity contribution in [2.75, 3.05) is 32.0 Å². The molecule has 2 aromatic carbocycles. The van der Waals surface area contributed by atoms with Gasteiger partial charge in [-0.15, -0.1) is 0 Å². The molecule has 148 valence electrons. The van der Waals surface area contributed by atoms with Crippen molar-refractivity contribution in [1.82, 2.24) is 9.80 Å². The van der Waals surface area contributed by atoms with Crippen LogP contribution in [0.2, 0.25) is 10.0 Å². The van der Waals surface area contributed by atoms with Crippen LogP contribution in [-0.2, 0) is 6.54 Å². The molecule has 2 aliphatic heterocycles. The average Bonchev–Trinajstić information content (AvgIpc) is 2.69. The quantitative estimate of drug-likeness (QED) is 0.690. The van der Waals surface area contributed by atoms with Crippen molar-refractivity contribution >= 4 is 34.9 Å². The number of carbonyl (C=O) groups is 1. The summed E-state index contributed by atoms with van der Waals surface area (Å²) in [6.07, 6.45) is 3.39. The molecule has 1 fully saturated rings. The van der Waals surface area contributed by atoms with Crippen molar-refractivity contribution in [1.29, 1.82) is 0 Å². The lowest BCUT2D eigenvalue weighted by Crippen LogP contribution is -2.38. The molecule has 4 nitrogen and oxygen atoms in total. The van der Waals surface area contributed by atoms with Gasteiger partial charge in [-0.3, -0.25) is 0 Å². The number of amides is 2. The van der Waals surface area contributed by atoms with E-state index in [1.165, 1.54) is 17.5 Å². The van der Waals surface area contributed by atoms with Gasteiger partial charge in [0.05, 0.1) is 0 Å². The van der Waals surface area contributed by atoms with E-state index in [0.717, 1.165) is 55.3 Å². The van der Waals surface area contributed by atoms with Crippen molar-refractivity contribution in [3.05, 3.63) is 63.1 Å². The van der Waals surface area contributed by atoms with E-state index < -0.39 is 0 Å². The van der Waals surface area contributed by atoms with Crippen molar-refractivity contribution in [3.8, 4) is 0 Å². The summed E-state index contributed by atoms with van der Waals surface area (Å²) >= 11 is 12.7. The topological polar surface area (TPSA) is 35.6 Å². The number of anilines is 1. The monoisotopic (exact) mass is 417 g/mol. The Labute approximate surface area is 176 Å². The number of benzene rings is 2. The van der Waals surface area contributed by atoms with E-state index in [2.05, 4.69) is 29.4 Å². The smallest absolute Gasteiger partial charge is 0.321 e. The molecule has 2 aliphatic rings. The fourth-order valence-corrected chi connectivity index (χ4v) is 4.80. The van der Waals surface area contributed by atoms with E-state index in [-0.39, 0.29) is 11.9 Å². The summed E-state index contributed by atoms with van der Waals surface area (Å²) in [5.74, 6) is 0.205. The molecule has 0 spiro atoms. The molecule has 28 heavy (non-hydrogen) atoms. The van der Waals surface area contributed by atoms with E-state index in [4.69, 9.17) is 23.2 Å². The minimum absolute atomic E-state index is 0.00578. The maximum atomic E-state index is 12.4. The van der Waals surface area contributed by atoms with Crippen molar-refractivity contribution in [3.63, 3.8) is 0 Å². The number of urea groups is 1. The Morgan fingerprint density at radius 3 is 2.50 bits per heavy atom. The van der Waals surface area contributed by atoms with Gasteiger partial charge in [-0.2, -0.15) is 0 Å². The van der Waals surface area contributed by atoms with Crippen LogP contribution in [0.1, 0.15) is 41.9 Å². The van der Waals surface area contributed by atoms with E-state index in [1.807, 2.05) is 29.2 Å². The number of likely N-dealkylation sites (tertiary alicyclic amines) is 1. The molecule has 0 bridgehead atoms. The van der Waals surface area contributed by atoms with Gasteiger partial charge in [-0.1, -0.05) is 35.3 Å². The van der Waals surface area contributed by atoms with Crippen LogP contribution in [-0.4, -0.2) is 42.5 Å². The second-order valence-electron chi connectivity index (χ2n) is 7.80. The zero-order valence-corrected chi connectivity index (χ0v) is 17.6. The number of fused-ring (bicyclic) bond motifs is 1. The zero-order valence-electron chi connectivity index (χ0n) is 16.0. The Morgan fingerprint density at radius 2 is 1.79 bits per heavy atom. The van der Waals surface area contributed by atoms with Crippen LogP contribution in [0.4, 0.5) is 10.5 Å². The van der Waals surface area contributed by atoms with Crippen LogP contribution in [0, 0.1) is 0 Å². The number of carbonyl (C=O) groups excluding carboxylic acids is 1. The highest BCUT2D eigenvalue weighted by Crippen LogP contribution is 2.38. The second kappa shape index (κ2) is 8.32. The van der Waals surface area contributed by atoms with Crippen LogP contribution in [0.5, 0.6) is 0 Å². The van der Waals surface area contributed by atoms with Crippen LogP contribution in [0.25, 0.3) is 0 Å². The minimum atomic E-state index is -0.00578. The van der Waals surface area contributed by atoms with Gasteiger partial charge in [-0.05, 0) is 67.3 Å². The molecule has 1 saturated heterocycles. The van der Waals surface area contributed by atoms with Crippen LogP contribution >= 0.6 is 23.2 Å². The summed E-state index contributed by atoms with van der Waals surface area (Å²) < 4.78 is 0. The first-order valence-electron chi connectivity index (χ1n) is 9.83. The highest BCUT2D eigenvalue weighted by molar-refractivity contribution is 6.35.